The topological polar surface area (TPSA) is 76.5 Å². The predicted octanol–water partition coefficient (Wildman–Crippen LogP) is 3.97. The number of rotatable bonds is 4. The molecule has 136 valence electrons. The molecule has 0 radical (unpaired) electrons. The molecule has 0 amide bonds. The summed E-state index contributed by atoms with van der Waals surface area (Å²) in [6.45, 7) is 1.95. The molecular weight excluding hydrogens is 382 g/mol. The van der Waals surface area contributed by atoms with Crippen molar-refractivity contribution < 1.29 is 0 Å². The van der Waals surface area contributed by atoms with Gasteiger partial charge in [0.25, 0.3) is 5.56 Å². The summed E-state index contributed by atoms with van der Waals surface area (Å²) in [4.78, 5) is 19.8. The molecule has 8 heteroatoms. The molecule has 0 aliphatic rings. The summed E-state index contributed by atoms with van der Waals surface area (Å²) >= 11 is 7.72. The van der Waals surface area contributed by atoms with Gasteiger partial charge in [-0.3, -0.25) is 4.79 Å². The van der Waals surface area contributed by atoms with E-state index in [4.69, 9.17) is 11.6 Å². The predicted molar refractivity (Wildman–Crippen MR) is 108 cm³/mol. The average molecular weight is 398 g/mol. The number of nitrogens with one attached hydrogen (secondary N) is 1. The quantitative estimate of drug-likeness (QED) is 0.527. The summed E-state index contributed by atoms with van der Waals surface area (Å²) in [5.74, 6) is 1.78. The van der Waals surface area contributed by atoms with Gasteiger partial charge >= 0.3 is 0 Å². The van der Waals surface area contributed by atoms with Crippen molar-refractivity contribution in [1.82, 2.24) is 24.7 Å². The Morgan fingerprint density at radius 2 is 1.96 bits per heavy atom. The third-order valence-electron chi connectivity index (χ3n) is 4.27. The zero-order valence-corrected chi connectivity index (χ0v) is 16.3. The molecule has 0 unspecified atom stereocenters. The molecule has 0 saturated heterocycles. The van der Waals surface area contributed by atoms with Gasteiger partial charge in [0.1, 0.15) is 5.82 Å². The van der Waals surface area contributed by atoms with E-state index in [0.29, 0.717) is 27.8 Å². The van der Waals surface area contributed by atoms with Gasteiger partial charge in [0.05, 0.1) is 21.7 Å². The first kappa shape index (κ1) is 17.8. The molecule has 2 heterocycles. The van der Waals surface area contributed by atoms with Crippen molar-refractivity contribution in [1.29, 1.82) is 0 Å². The van der Waals surface area contributed by atoms with Crippen LogP contribution in [0.1, 0.15) is 11.4 Å². The molecule has 2 aromatic carbocycles. The molecule has 6 nitrogen and oxygen atoms in total. The summed E-state index contributed by atoms with van der Waals surface area (Å²) in [7, 11) is 1.89. The first-order chi connectivity index (χ1) is 13.0. The van der Waals surface area contributed by atoms with Crippen LogP contribution >= 0.6 is 23.4 Å². The molecule has 0 bridgehead atoms. The largest absolute Gasteiger partial charge is 0.309 e. The zero-order chi connectivity index (χ0) is 19.0. The van der Waals surface area contributed by atoms with Gasteiger partial charge in [0, 0.05) is 12.6 Å². The van der Waals surface area contributed by atoms with Crippen LogP contribution in [-0.4, -0.2) is 24.7 Å². The Balaban J connectivity index is 1.62. The van der Waals surface area contributed by atoms with Crippen LogP contribution in [0.4, 0.5) is 0 Å². The monoisotopic (exact) mass is 397 g/mol. The van der Waals surface area contributed by atoms with Gasteiger partial charge in [0.15, 0.2) is 11.0 Å². The molecule has 4 aromatic rings. The number of aromatic nitrogens is 5. The van der Waals surface area contributed by atoms with Crippen molar-refractivity contribution in [2.24, 2.45) is 7.05 Å². The number of H-pyrrole nitrogens is 1. The van der Waals surface area contributed by atoms with E-state index in [1.54, 1.807) is 6.07 Å². The molecule has 0 atom stereocenters. The molecule has 2 aromatic heterocycles. The van der Waals surface area contributed by atoms with Crippen LogP contribution in [0.25, 0.3) is 22.3 Å². The standard InChI is InChI=1S/C19H16ClN5OS/c1-11-6-5-8-13-16(11)21-15(22-18(13)26)10-27-19-24-23-17(25(19)2)12-7-3-4-9-14(12)20/h3-9H,10H2,1-2H3,(H,21,22,26). The third kappa shape index (κ3) is 3.36. The van der Waals surface area contributed by atoms with E-state index in [0.717, 1.165) is 21.8 Å². The highest BCUT2D eigenvalue weighted by atomic mass is 35.5. The minimum Gasteiger partial charge on any atom is -0.309 e. The SMILES string of the molecule is Cc1cccc2c(=O)[nH]c(CSc3nnc(-c4ccccc4Cl)n3C)nc12. The number of aryl methyl sites for hydroxylation is 1. The Labute approximate surface area is 164 Å². The second-order valence-corrected chi connectivity index (χ2v) is 7.47. The number of aromatic amines is 1. The molecule has 1 N–H and O–H groups in total. The summed E-state index contributed by atoms with van der Waals surface area (Å²) in [5, 5.41) is 10.4. The zero-order valence-electron chi connectivity index (χ0n) is 14.7. The van der Waals surface area contributed by atoms with Crippen LogP contribution < -0.4 is 5.56 Å². The normalized spacial score (nSPS) is 11.2. The van der Waals surface area contributed by atoms with E-state index in [-0.39, 0.29) is 5.56 Å². The Kier molecular flexibility index (Phi) is 4.72. The molecule has 27 heavy (non-hydrogen) atoms. The lowest BCUT2D eigenvalue weighted by Gasteiger charge is -2.06. The van der Waals surface area contributed by atoms with E-state index in [9.17, 15) is 4.79 Å². The first-order valence-corrected chi connectivity index (χ1v) is 9.66. The molecule has 0 fully saturated rings. The van der Waals surface area contributed by atoms with Crippen LogP contribution in [0.15, 0.2) is 52.4 Å². The Bertz CT molecular complexity index is 1200. The van der Waals surface area contributed by atoms with Crippen LogP contribution in [-0.2, 0) is 12.8 Å². The lowest BCUT2D eigenvalue weighted by Crippen LogP contribution is -2.12. The summed E-state index contributed by atoms with van der Waals surface area (Å²) in [5.41, 5.74) is 2.40. The van der Waals surface area contributed by atoms with Gasteiger partial charge in [-0.2, -0.15) is 0 Å². The van der Waals surface area contributed by atoms with E-state index in [1.165, 1.54) is 11.8 Å². The highest BCUT2D eigenvalue weighted by Crippen LogP contribution is 2.29. The van der Waals surface area contributed by atoms with Crippen LogP contribution in [0.2, 0.25) is 5.02 Å². The second-order valence-electron chi connectivity index (χ2n) is 6.12. The number of hydrogen-bond donors (Lipinski definition) is 1. The number of thioether (sulfide) groups is 1. The van der Waals surface area contributed by atoms with Gasteiger partial charge < -0.3 is 9.55 Å². The summed E-state index contributed by atoms with van der Waals surface area (Å²) in [6, 6.07) is 13.1. The fraction of sp³-hybridized carbons (Fsp3) is 0.158. The molecule has 0 saturated carbocycles. The van der Waals surface area contributed by atoms with Crippen molar-refractivity contribution in [3.05, 3.63) is 69.2 Å². The van der Waals surface area contributed by atoms with Crippen LogP contribution in [0.3, 0.4) is 0 Å². The third-order valence-corrected chi connectivity index (χ3v) is 5.64. The fourth-order valence-corrected chi connectivity index (χ4v) is 3.87. The maximum Gasteiger partial charge on any atom is 0.258 e. The van der Waals surface area contributed by atoms with E-state index >= 15 is 0 Å². The van der Waals surface area contributed by atoms with Gasteiger partial charge in [-0.05, 0) is 30.7 Å². The van der Waals surface area contributed by atoms with Gasteiger partial charge in [-0.25, -0.2) is 4.98 Å². The van der Waals surface area contributed by atoms with Crippen LogP contribution in [0, 0.1) is 6.92 Å². The summed E-state index contributed by atoms with van der Waals surface area (Å²) in [6.07, 6.45) is 0. The number of hydrogen-bond acceptors (Lipinski definition) is 5. The van der Waals surface area contributed by atoms with Crippen molar-refractivity contribution in [2.75, 3.05) is 0 Å². The van der Waals surface area contributed by atoms with E-state index in [2.05, 4.69) is 20.2 Å². The lowest BCUT2D eigenvalue weighted by molar-refractivity contribution is 0.793. The molecule has 0 aliphatic carbocycles. The minimum atomic E-state index is -0.131. The second kappa shape index (κ2) is 7.17. The minimum absolute atomic E-state index is 0.131. The molecule has 0 aliphatic heterocycles. The molecule has 0 spiro atoms. The van der Waals surface area contributed by atoms with Gasteiger partial charge in [0.2, 0.25) is 0 Å². The average Bonchev–Trinajstić information content (AvgIpc) is 3.02. The van der Waals surface area contributed by atoms with Crippen LogP contribution in [0.5, 0.6) is 0 Å². The van der Waals surface area contributed by atoms with Crippen molar-refractivity contribution in [3.8, 4) is 11.4 Å². The number of para-hydroxylation sites is 1. The number of benzene rings is 2. The number of nitrogens with zero attached hydrogens (tertiary/aromatic N) is 4. The number of halogens is 1. The summed E-state index contributed by atoms with van der Waals surface area (Å²) < 4.78 is 1.89. The van der Waals surface area contributed by atoms with E-state index < -0.39 is 0 Å². The van der Waals surface area contributed by atoms with Gasteiger partial charge in [-0.1, -0.05) is 47.6 Å². The highest BCUT2D eigenvalue weighted by molar-refractivity contribution is 7.98. The Morgan fingerprint density at radius 3 is 2.78 bits per heavy atom. The van der Waals surface area contributed by atoms with Crippen molar-refractivity contribution in [2.45, 2.75) is 17.8 Å². The maximum atomic E-state index is 12.3. The Hall–Kier alpha value is -2.64. The fourth-order valence-electron chi connectivity index (χ4n) is 2.87. The van der Waals surface area contributed by atoms with Gasteiger partial charge in [-0.15, -0.1) is 10.2 Å². The Morgan fingerprint density at radius 1 is 1.15 bits per heavy atom. The number of fused-ring (bicyclic) bond motifs is 1. The highest BCUT2D eigenvalue weighted by Gasteiger charge is 2.14. The smallest absolute Gasteiger partial charge is 0.258 e. The lowest BCUT2D eigenvalue weighted by atomic mass is 10.1. The van der Waals surface area contributed by atoms with E-state index in [1.807, 2.05) is 54.9 Å². The first-order valence-electron chi connectivity index (χ1n) is 8.30. The van der Waals surface area contributed by atoms with Crippen molar-refractivity contribution >= 4 is 34.3 Å². The van der Waals surface area contributed by atoms with Crippen molar-refractivity contribution in [3.63, 3.8) is 0 Å². The maximum absolute atomic E-state index is 12.3. The molecule has 4 rings (SSSR count). The molecular formula is C19H16ClN5OS.